The number of methoxy groups -OCH3 is 2. The number of amidine groups is 1. The first-order chi connectivity index (χ1) is 13.6. The van der Waals surface area contributed by atoms with E-state index in [1.54, 1.807) is 42.4 Å². The number of rotatable bonds is 6. The first kappa shape index (κ1) is 20.0. The maximum atomic E-state index is 13.1. The van der Waals surface area contributed by atoms with Crippen LogP contribution in [-0.2, 0) is 4.79 Å². The summed E-state index contributed by atoms with van der Waals surface area (Å²) in [5.41, 5.74) is 1.85. The van der Waals surface area contributed by atoms with E-state index in [4.69, 9.17) is 21.1 Å². The van der Waals surface area contributed by atoms with E-state index < -0.39 is 0 Å². The van der Waals surface area contributed by atoms with Gasteiger partial charge in [-0.2, -0.15) is 0 Å². The molecule has 28 heavy (non-hydrogen) atoms. The molecule has 0 atom stereocenters. The molecule has 0 spiro atoms. The molecular weight excluding hydrogens is 396 g/mol. The highest BCUT2D eigenvalue weighted by molar-refractivity contribution is 8.14. The van der Waals surface area contributed by atoms with E-state index in [1.807, 2.05) is 24.3 Å². The van der Waals surface area contributed by atoms with E-state index >= 15 is 0 Å². The van der Waals surface area contributed by atoms with Crippen LogP contribution in [0.1, 0.15) is 5.56 Å². The molecule has 144 valence electrons. The Hall–Kier alpha value is -2.70. The Morgan fingerprint density at radius 3 is 2.57 bits per heavy atom. The van der Waals surface area contributed by atoms with Crippen molar-refractivity contribution in [3.8, 4) is 11.5 Å². The summed E-state index contributed by atoms with van der Waals surface area (Å²) >= 11 is 7.55. The number of ether oxygens (including phenoxy) is 2. The Morgan fingerprint density at radius 1 is 1.18 bits per heavy atom. The average Bonchev–Trinajstić information content (AvgIpc) is 3.02. The zero-order chi connectivity index (χ0) is 20.1. The van der Waals surface area contributed by atoms with Crippen LogP contribution in [0.5, 0.6) is 11.5 Å². The fourth-order valence-electron chi connectivity index (χ4n) is 2.60. The van der Waals surface area contributed by atoms with Gasteiger partial charge in [-0.05, 0) is 35.9 Å². The van der Waals surface area contributed by atoms with Crippen LogP contribution in [0.15, 0.2) is 65.8 Å². The van der Waals surface area contributed by atoms with Gasteiger partial charge in [-0.15, -0.1) is 6.58 Å². The Morgan fingerprint density at radius 2 is 1.93 bits per heavy atom. The van der Waals surface area contributed by atoms with Crippen molar-refractivity contribution in [3.63, 3.8) is 0 Å². The lowest BCUT2D eigenvalue weighted by Gasteiger charge is -2.18. The summed E-state index contributed by atoms with van der Waals surface area (Å²) in [5, 5.41) is 1.05. The summed E-state index contributed by atoms with van der Waals surface area (Å²) in [4.78, 5) is 19.2. The van der Waals surface area contributed by atoms with Crippen molar-refractivity contribution in [3.05, 3.63) is 71.4 Å². The molecule has 1 amide bonds. The lowest BCUT2D eigenvalue weighted by atomic mass is 10.2. The molecule has 0 bridgehead atoms. The predicted octanol–water partition coefficient (Wildman–Crippen LogP) is 5.02. The van der Waals surface area contributed by atoms with Crippen LogP contribution in [0.25, 0.3) is 6.08 Å². The van der Waals surface area contributed by atoms with E-state index in [9.17, 15) is 4.79 Å². The second-order valence-corrected chi connectivity index (χ2v) is 7.15. The van der Waals surface area contributed by atoms with Crippen LogP contribution in [0.2, 0.25) is 5.02 Å². The molecule has 0 aliphatic carbocycles. The van der Waals surface area contributed by atoms with Gasteiger partial charge in [0.25, 0.3) is 5.91 Å². The molecule has 2 aromatic rings. The summed E-state index contributed by atoms with van der Waals surface area (Å²) in [6, 6.07) is 12.6. The number of halogens is 1. The lowest BCUT2D eigenvalue weighted by molar-refractivity contribution is -0.113. The van der Waals surface area contributed by atoms with Crippen LogP contribution in [0, 0.1) is 0 Å². The SMILES string of the molecule is C=CCSC1=NC(=Cc2ccc(OC)cc2)C(=O)N1c1ccc(Cl)c(OC)c1. The third-order valence-electron chi connectivity index (χ3n) is 3.97. The van der Waals surface area contributed by atoms with E-state index in [0.29, 0.717) is 33.1 Å². The van der Waals surface area contributed by atoms with E-state index in [1.165, 1.54) is 18.9 Å². The number of nitrogens with zero attached hydrogens (tertiary/aromatic N) is 2. The van der Waals surface area contributed by atoms with Crippen LogP contribution in [0.4, 0.5) is 5.69 Å². The molecule has 1 aliphatic rings. The van der Waals surface area contributed by atoms with Gasteiger partial charge in [-0.1, -0.05) is 41.6 Å². The molecule has 1 aliphatic heterocycles. The summed E-state index contributed by atoms with van der Waals surface area (Å²) in [5.74, 6) is 1.66. The summed E-state index contributed by atoms with van der Waals surface area (Å²) in [6.07, 6.45) is 3.52. The van der Waals surface area contributed by atoms with Crippen molar-refractivity contribution >= 4 is 46.2 Å². The van der Waals surface area contributed by atoms with Gasteiger partial charge >= 0.3 is 0 Å². The van der Waals surface area contributed by atoms with Crippen molar-refractivity contribution < 1.29 is 14.3 Å². The number of amides is 1. The van der Waals surface area contributed by atoms with Crippen molar-refractivity contribution in [1.29, 1.82) is 0 Å². The molecule has 3 rings (SSSR count). The number of benzene rings is 2. The van der Waals surface area contributed by atoms with Crippen molar-refractivity contribution in [2.24, 2.45) is 4.99 Å². The van der Waals surface area contributed by atoms with Gasteiger partial charge in [0.2, 0.25) is 0 Å². The molecule has 7 heteroatoms. The molecule has 2 aromatic carbocycles. The third kappa shape index (κ3) is 4.24. The second kappa shape index (κ2) is 8.99. The predicted molar refractivity (Wildman–Crippen MR) is 117 cm³/mol. The maximum absolute atomic E-state index is 13.1. The van der Waals surface area contributed by atoms with Gasteiger partial charge in [0, 0.05) is 11.8 Å². The van der Waals surface area contributed by atoms with E-state index in [2.05, 4.69) is 11.6 Å². The smallest absolute Gasteiger partial charge is 0.283 e. The molecule has 0 saturated carbocycles. The number of anilines is 1. The minimum Gasteiger partial charge on any atom is -0.497 e. The number of carbonyl (C=O) groups excluding carboxylic acids is 1. The highest BCUT2D eigenvalue weighted by Gasteiger charge is 2.32. The van der Waals surface area contributed by atoms with E-state index in [0.717, 1.165) is 11.3 Å². The Bertz CT molecular complexity index is 955. The van der Waals surface area contributed by atoms with Gasteiger partial charge in [-0.3, -0.25) is 9.69 Å². The number of hydrogen-bond acceptors (Lipinski definition) is 5. The molecule has 0 unspecified atom stereocenters. The highest BCUT2D eigenvalue weighted by Crippen LogP contribution is 2.34. The second-order valence-electron chi connectivity index (χ2n) is 5.76. The average molecular weight is 415 g/mol. The number of carbonyl (C=O) groups is 1. The molecule has 0 radical (unpaired) electrons. The van der Waals surface area contributed by atoms with E-state index in [-0.39, 0.29) is 5.91 Å². The molecule has 0 fully saturated rings. The Labute approximate surface area is 173 Å². The minimum atomic E-state index is -0.216. The van der Waals surface area contributed by atoms with Crippen LogP contribution in [-0.4, -0.2) is 31.0 Å². The van der Waals surface area contributed by atoms with Crippen molar-refractivity contribution in [1.82, 2.24) is 0 Å². The summed E-state index contributed by atoms with van der Waals surface area (Å²) in [7, 11) is 3.15. The van der Waals surface area contributed by atoms with Crippen molar-refractivity contribution in [2.45, 2.75) is 0 Å². The molecule has 1 heterocycles. The largest absolute Gasteiger partial charge is 0.497 e. The Balaban J connectivity index is 1.98. The fourth-order valence-corrected chi connectivity index (χ4v) is 3.54. The zero-order valence-corrected chi connectivity index (χ0v) is 17.1. The number of hydrogen-bond donors (Lipinski definition) is 0. The van der Waals surface area contributed by atoms with Gasteiger partial charge in [-0.25, -0.2) is 4.99 Å². The molecule has 0 aromatic heterocycles. The van der Waals surface area contributed by atoms with Crippen molar-refractivity contribution in [2.75, 3.05) is 24.9 Å². The normalized spacial score (nSPS) is 15.0. The van der Waals surface area contributed by atoms with Crippen LogP contribution < -0.4 is 14.4 Å². The van der Waals surface area contributed by atoms with Gasteiger partial charge < -0.3 is 9.47 Å². The van der Waals surface area contributed by atoms with Gasteiger partial charge in [0.05, 0.1) is 24.9 Å². The molecule has 0 N–H and O–H groups in total. The highest BCUT2D eigenvalue weighted by atomic mass is 35.5. The quantitative estimate of drug-likeness (QED) is 0.492. The molecular formula is C21H19ClN2O3S. The zero-order valence-electron chi connectivity index (χ0n) is 15.5. The van der Waals surface area contributed by atoms with Crippen LogP contribution >= 0.6 is 23.4 Å². The first-order valence-corrected chi connectivity index (χ1v) is 9.80. The first-order valence-electron chi connectivity index (χ1n) is 8.43. The Kier molecular flexibility index (Phi) is 6.44. The minimum absolute atomic E-state index is 0.216. The van der Waals surface area contributed by atoms with Gasteiger partial charge in [0.1, 0.15) is 17.2 Å². The summed E-state index contributed by atoms with van der Waals surface area (Å²) in [6.45, 7) is 3.74. The standard InChI is InChI=1S/C21H19ClN2O3S/c1-4-11-28-21-23-18(12-14-5-8-16(26-2)9-6-14)20(25)24(21)15-7-10-17(22)19(13-15)27-3/h4-10,12-13H,1,11H2,2-3H3. The number of thioether (sulfide) groups is 1. The maximum Gasteiger partial charge on any atom is 0.283 e. The number of aliphatic imine (C=N–C) groups is 1. The third-order valence-corrected chi connectivity index (χ3v) is 5.22. The van der Waals surface area contributed by atoms with Crippen LogP contribution in [0.3, 0.4) is 0 Å². The molecule has 0 saturated heterocycles. The molecule has 5 nitrogen and oxygen atoms in total. The topological polar surface area (TPSA) is 51.1 Å². The monoisotopic (exact) mass is 414 g/mol. The van der Waals surface area contributed by atoms with Gasteiger partial charge in [0.15, 0.2) is 5.17 Å². The fraction of sp³-hybridized carbons (Fsp3) is 0.143. The summed E-state index contributed by atoms with van der Waals surface area (Å²) < 4.78 is 10.5. The lowest BCUT2D eigenvalue weighted by Crippen LogP contribution is -2.30.